The van der Waals surface area contributed by atoms with Gasteiger partial charge in [0.2, 0.25) is 5.95 Å². The van der Waals surface area contributed by atoms with Crippen molar-refractivity contribution < 1.29 is 9.57 Å². The molecule has 1 aromatic carbocycles. The minimum Gasteiger partial charge on any atom is -0.411 e. The van der Waals surface area contributed by atoms with E-state index >= 15 is 0 Å². The van der Waals surface area contributed by atoms with Crippen molar-refractivity contribution in [1.82, 2.24) is 14.6 Å². The highest BCUT2D eigenvalue weighted by Crippen LogP contribution is 2.25. The van der Waals surface area contributed by atoms with Crippen molar-refractivity contribution in [2.75, 3.05) is 25.7 Å². The van der Waals surface area contributed by atoms with Gasteiger partial charge < -0.3 is 14.9 Å². The monoisotopic (exact) mass is 448 g/mol. The first kappa shape index (κ1) is 23.6. The summed E-state index contributed by atoms with van der Waals surface area (Å²) >= 11 is 6.05. The number of ether oxygens (including phenoxy) is 1. The number of benzene rings is 1. The molecule has 1 aliphatic heterocycles. The summed E-state index contributed by atoms with van der Waals surface area (Å²) in [6.07, 6.45) is 2.55. The van der Waals surface area contributed by atoms with Gasteiger partial charge in [0.15, 0.2) is 0 Å². The summed E-state index contributed by atoms with van der Waals surface area (Å²) < 4.78 is 7.14. The molecule has 0 aliphatic carbocycles. The molecule has 0 amide bonds. The largest absolute Gasteiger partial charge is 0.411 e. The van der Waals surface area contributed by atoms with E-state index in [-0.39, 0.29) is 17.2 Å². The molecule has 1 N–H and O–H groups in total. The minimum absolute atomic E-state index is 0.00566. The van der Waals surface area contributed by atoms with Gasteiger partial charge in [0.1, 0.15) is 7.11 Å². The summed E-state index contributed by atoms with van der Waals surface area (Å²) in [5, 5.41) is 4.12. The first-order chi connectivity index (χ1) is 14.7. The van der Waals surface area contributed by atoms with E-state index in [0.717, 1.165) is 30.6 Å². The predicted molar refractivity (Wildman–Crippen MR) is 124 cm³/mol. The molecule has 0 saturated heterocycles. The predicted octanol–water partition coefficient (Wildman–Crippen LogP) is 4.04. The van der Waals surface area contributed by atoms with Crippen LogP contribution in [0.3, 0.4) is 0 Å². The minimum atomic E-state index is -0.227. The van der Waals surface area contributed by atoms with E-state index < -0.39 is 0 Å². The lowest BCUT2D eigenvalue weighted by Gasteiger charge is -2.31. The summed E-state index contributed by atoms with van der Waals surface area (Å²) in [5.74, 6) is 0.430. The third kappa shape index (κ3) is 5.99. The average Bonchev–Trinajstić information content (AvgIpc) is 2.72. The van der Waals surface area contributed by atoms with Crippen molar-refractivity contribution >= 4 is 17.5 Å². The highest BCUT2D eigenvalue weighted by molar-refractivity contribution is 6.30. The van der Waals surface area contributed by atoms with E-state index in [1.807, 2.05) is 45.0 Å². The van der Waals surface area contributed by atoms with Crippen LogP contribution >= 0.6 is 11.6 Å². The van der Waals surface area contributed by atoms with Gasteiger partial charge in [0.05, 0.1) is 29.6 Å². The average molecular weight is 449 g/mol. The van der Waals surface area contributed by atoms with E-state index in [2.05, 4.69) is 17.1 Å². The van der Waals surface area contributed by atoms with E-state index in [0.29, 0.717) is 36.2 Å². The molecule has 1 unspecified atom stereocenters. The van der Waals surface area contributed by atoms with Crippen LogP contribution in [0.5, 0.6) is 0 Å². The smallest absolute Gasteiger partial charge is 0.292 e. The third-order valence-electron chi connectivity index (χ3n) is 5.29. The molecular formula is C23H33ClN4O3. The molecular weight excluding hydrogens is 416 g/mol. The van der Waals surface area contributed by atoms with Gasteiger partial charge in [-0.2, -0.15) is 0 Å². The molecule has 170 valence electrons. The maximum absolute atomic E-state index is 13.2. The highest BCUT2D eigenvalue weighted by Gasteiger charge is 2.26. The fourth-order valence-electron chi connectivity index (χ4n) is 3.63. The Bertz CT molecular complexity index is 938. The molecule has 1 atom stereocenters. The molecule has 0 fully saturated rings. The van der Waals surface area contributed by atoms with Gasteiger partial charge in [-0.15, -0.1) is 4.73 Å². The van der Waals surface area contributed by atoms with Gasteiger partial charge in [-0.25, -0.2) is 4.98 Å². The standard InChI is InChI=1S/C23H33ClN4O3/c1-6-7-19(16-8-10-17(24)11-9-16)25-22-26-20-12-13-27(15-31-23(2,3)4)14-18(20)21(29)28(22)30-5/h8-11,19H,6-7,12-15H2,1-5H3,(H,25,26). The second kappa shape index (κ2) is 10.0. The molecule has 8 heteroatoms. The van der Waals surface area contributed by atoms with Crippen molar-refractivity contribution in [3.05, 3.63) is 56.5 Å². The van der Waals surface area contributed by atoms with Crippen LogP contribution in [-0.2, 0) is 17.7 Å². The summed E-state index contributed by atoms with van der Waals surface area (Å²) in [6, 6.07) is 7.74. The van der Waals surface area contributed by atoms with Crippen molar-refractivity contribution in [3.8, 4) is 0 Å². The van der Waals surface area contributed by atoms with Crippen LogP contribution in [0.25, 0.3) is 0 Å². The first-order valence-electron chi connectivity index (χ1n) is 10.8. The summed E-state index contributed by atoms with van der Waals surface area (Å²) in [7, 11) is 1.49. The Kier molecular flexibility index (Phi) is 7.62. The zero-order valence-electron chi connectivity index (χ0n) is 19.1. The third-order valence-corrected chi connectivity index (χ3v) is 5.54. The SMILES string of the molecule is CCCC(Nc1nc2c(c(=O)n1OC)CN(COC(C)(C)C)CC2)c1ccc(Cl)cc1. The van der Waals surface area contributed by atoms with Gasteiger partial charge in [-0.1, -0.05) is 37.1 Å². The zero-order valence-corrected chi connectivity index (χ0v) is 19.8. The van der Waals surface area contributed by atoms with Crippen molar-refractivity contribution in [2.24, 2.45) is 0 Å². The fourth-order valence-corrected chi connectivity index (χ4v) is 3.76. The zero-order chi connectivity index (χ0) is 22.6. The maximum Gasteiger partial charge on any atom is 0.292 e. The second-order valence-corrected chi connectivity index (χ2v) is 9.30. The van der Waals surface area contributed by atoms with Crippen molar-refractivity contribution in [1.29, 1.82) is 0 Å². The van der Waals surface area contributed by atoms with Crippen LogP contribution in [0.4, 0.5) is 5.95 Å². The maximum atomic E-state index is 13.2. The number of anilines is 1. The van der Waals surface area contributed by atoms with Crippen LogP contribution in [0.2, 0.25) is 5.02 Å². The number of fused-ring (bicyclic) bond motifs is 1. The number of nitrogens with one attached hydrogen (secondary N) is 1. The topological polar surface area (TPSA) is 68.6 Å². The molecule has 2 heterocycles. The molecule has 1 aromatic heterocycles. The summed E-state index contributed by atoms with van der Waals surface area (Å²) in [5.41, 5.74) is 2.16. The van der Waals surface area contributed by atoms with Crippen LogP contribution in [0.15, 0.2) is 29.1 Å². The Morgan fingerprint density at radius 3 is 2.58 bits per heavy atom. The number of hydrogen-bond acceptors (Lipinski definition) is 6. The lowest BCUT2D eigenvalue weighted by molar-refractivity contribution is -0.0679. The van der Waals surface area contributed by atoms with Crippen molar-refractivity contribution in [3.63, 3.8) is 0 Å². The summed E-state index contributed by atoms with van der Waals surface area (Å²) in [4.78, 5) is 25.5. The molecule has 7 nitrogen and oxygen atoms in total. The number of rotatable bonds is 8. The van der Waals surface area contributed by atoms with E-state index in [4.69, 9.17) is 26.2 Å². The molecule has 2 aromatic rings. The Hall–Kier alpha value is -2.09. The normalized spacial score (nSPS) is 15.4. The van der Waals surface area contributed by atoms with Crippen LogP contribution in [-0.4, -0.2) is 40.6 Å². The Morgan fingerprint density at radius 1 is 1.26 bits per heavy atom. The first-order valence-corrected chi connectivity index (χ1v) is 11.2. The lowest BCUT2D eigenvalue weighted by Crippen LogP contribution is -2.42. The van der Waals surface area contributed by atoms with E-state index in [1.165, 1.54) is 11.8 Å². The van der Waals surface area contributed by atoms with Gasteiger partial charge >= 0.3 is 0 Å². The molecule has 0 bridgehead atoms. The van der Waals surface area contributed by atoms with Crippen LogP contribution in [0.1, 0.15) is 63.4 Å². The summed E-state index contributed by atoms with van der Waals surface area (Å²) in [6.45, 7) is 9.96. The van der Waals surface area contributed by atoms with Crippen molar-refractivity contribution in [2.45, 2.75) is 65.1 Å². The molecule has 31 heavy (non-hydrogen) atoms. The fraction of sp³-hybridized carbons (Fsp3) is 0.565. The Morgan fingerprint density at radius 2 is 1.97 bits per heavy atom. The highest BCUT2D eigenvalue weighted by atomic mass is 35.5. The molecule has 1 aliphatic rings. The second-order valence-electron chi connectivity index (χ2n) is 8.87. The van der Waals surface area contributed by atoms with Gasteiger partial charge in [-0.05, 0) is 44.9 Å². The van der Waals surface area contributed by atoms with Gasteiger partial charge in [0, 0.05) is 24.5 Å². The number of aromatic nitrogens is 2. The molecule has 3 rings (SSSR count). The quantitative estimate of drug-likeness (QED) is 0.657. The lowest BCUT2D eigenvalue weighted by atomic mass is 10.0. The molecule has 0 spiro atoms. The van der Waals surface area contributed by atoms with Gasteiger partial charge in [0.25, 0.3) is 5.56 Å². The van der Waals surface area contributed by atoms with E-state index in [9.17, 15) is 4.79 Å². The number of nitrogens with zero attached hydrogens (tertiary/aromatic N) is 3. The van der Waals surface area contributed by atoms with Gasteiger partial charge in [-0.3, -0.25) is 9.69 Å². The Labute approximate surface area is 189 Å². The Balaban J connectivity index is 1.86. The van der Waals surface area contributed by atoms with Crippen LogP contribution < -0.4 is 15.7 Å². The molecule has 0 saturated carbocycles. The number of hydrogen-bond donors (Lipinski definition) is 1. The van der Waals surface area contributed by atoms with Crippen LogP contribution in [0, 0.1) is 0 Å². The van der Waals surface area contributed by atoms with E-state index in [1.54, 1.807) is 0 Å². The molecule has 0 radical (unpaired) electrons. The number of halogens is 1.